The van der Waals surface area contributed by atoms with E-state index in [1.165, 1.54) is 5.56 Å². The van der Waals surface area contributed by atoms with Crippen LogP contribution in [0.1, 0.15) is 12.5 Å². The first-order valence-corrected chi connectivity index (χ1v) is 6.23. The highest BCUT2D eigenvalue weighted by atomic mass is 35.5. The Kier molecular flexibility index (Phi) is 3.72. The Morgan fingerprint density at radius 3 is 2.50 bits per heavy atom. The molecule has 0 spiro atoms. The molecule has 0 unspecified atom stereocenters. The van der Waals surface area contributed by atoms with Gasteiger partial charge in [0.15, 0.2) is 5.82 Å². The standard InChI is InChI=1S/C14H16ClN3/c1-3-10-4-6-12(7-5-10)18(2)14-13(16)8-11(15)9-17-14/h4-9H,3,16H2,1-2H3. The van der Waals surface area contributed by atoms with Gasteiger partial charge in [-0.1, -0.05) is 30.7 Å². The highest BCUT2D eigenvalue weighted by molar-refractivity contribution is 6.30. The lowest BCUT2D eigenvalue weighted by Gasteiger charge is -2.20. The van der Waals surface area contributed by atoms with Crippen molar-refractivity contribution >= 4 is 28.8 Å². The summed E-state index contributed by atoms with van der Waals surface area (Å²) in [6.45, 7) is 2.14. The fourth-order valence-electron chi connectivity index (χ4n) is 1.81. The summed E-state index contributed by atoms with van der Waals surface area (Å²) in [7, 11) is 1.94. The van der Waals surface area contributed by atoms with Crippen LogP contribution in [0.2, 0.25) is 5.02 Å². The van der Waals surface area contributed by atoms with Crippen LogP contribution in [0.4, 0.5) is 17.2 Å². The van der Waals surface area contributed by atoms with E-state index < -0.39 is 0 Å². The van der Waals surface area contributed by atoms with Crippen molar-refractivity contribution in [1.29, 1.82) is 0 Å². The largest absolute Gasteiger partial charge is 0.396 e. The summed E-state index contributed by atoms with van der Waals surface area (Å²) in [6, 6.07) is 10.1. The number of pyridine rings is 1. The summed E-state index contributed by atoms with van der Waals surface area (Å²) >= 11 is 5.85. The number of hydrogen-bond donors (Lipinski definition) is 1. The minimum atomic E-state index is 0.547. The summed E-state index contributed by atoms with van der Waals surface area (Å²) in [5.74, 6) is 0.712. The molecule has 0 atom stereocenters. The Hall–Kier alpha value is -1.74. The van der Waals surface area contributed by atoms with Gasteiger partial charge in [0.2, 0.25) is 0 Å². The van der Waals surface area contributed by atoms with Crippen LogP contribution in [-0.2, 0) is 6.42 Å². The molecule has 4 heteroatoms. The SMILES string of the molecule is CCc1ccc(N(C)c2ncc(Cl)cc2N)cc1. The van der Waals surface area contributed by atoms with Crippen LogP contribution in [0.25, 0.3) is 0 Å². The fraction of sp³-hybridized carbons (Fsp3) is 0.214. The fourth-order valence-corrected chi connectivity index (χ4v) is 1.97. The van der Waals surface area contributed by atoms with E-state index in [2.05, 4.69) is 36.2 Å². The summed E-state index contributed by atoms with van der Waals surface area (Å²) in [4.78, 5) is 6.22. The van der Waals surface area contributed by atoms with E-state index in [-0.39, 0.29) is 0 Å². The molecule has 18 heavy (non-hydrogen) atoms. The third kappa shape index (κ3) is 2.57. The Morgan fingerprint density at radius 1 is 1.28 bits per heavy atom. The molecular formula is C14H16ClN3. The van der Waals surface area contributed by atoms with Crippen LogP contribution in [0.3, 0.4) is 0 Å². The Morgan fingerprint density at radius 2 is 1.94 bits per heavy atom. The molecule has 2 N–H and O–H groups in total. The average Bonchev–Trinajstić information content (AvgIpc) is 2.38. The van der Waals surface area contributed by atoms with E-state index in [1.54, 1.807) is 12.3 Å². The number of aromatic nitrogens is 1. The van der Waals surface area contributed by atoms with Crippen LogP contribution >= 0.6 is 11.6 Å². The van der Waals surface area contributed by atoms with Gasteiger partial charge in [-0.2, -0.15) is 0 Å². The normalized spacial score (nSPS) is 10.4. The monoisotopic (exact) mass is 261 g/mol. The van der Waals surface area contributed by atoms with Gasteiger partial charge < -0.3 is 10.6 Å². The summed E-state index contributed by atoms with van der Waals surface area (Å²) in [5, 5.41) is 0.547. The second-order valence-electron chi connectivity index (χ2n) is 4.15. The quantitative estimate of drug-likeness (QED) is 0.917. The van der Waals surface area contributed by atoms with Gasteiger partial charge in [-0.3, -0.25) is 0 Å². The lowest BCUT2D eigenvalue weighted by Crippen LogP contribution is -2.13. The number of halogens is 1. The van der Waals surface area contributed by atoms with Crippen molar-refractivity contribution in [2.45, 2.75) is 13.3 Å². The van der Waals surface area contributed by atoms with Gasteiger partial charge in [0.25, 0.3) is 0 Å². The molecule has 1 aromatic heterocycles. The molecular weight excluding hydrogens is 246 g/mol. The number of anilines is 3. The van der Waals surface area contributed by atoms with E-state index in [4.69, 9.17) is 17.3 Å². The van der Waals surface area contributed by atoms with Crippen molar-refractivity contribution in [3.63, 3.8) is 0 Å². The van der Waals surface area contributed by atoms with Crippen LogP contribution in [0, 0.1) is 0 Å². The van der Waals surface area contributed by atoms with Gasteiger partial charge in [-0.25, -0.2) is 4.98 Å². The van der Waals surface area contributed by atoms with Crippen molar-refractivity contribution < 1.29 is 0 Å². The molecule has 1 heterocycles. The van der Waals surface area contributed by atoms with E-state index >= 15 is 0 Å². The molecule has 2 aromatic rings. The van der Waals surface area contributed by atoms with Crippen molar-refractivity contribution in [1.82, 2.24) is 4.98 Å². The molecule has 0 radical (unpaired) electrons. The zero-order valence-corrected chi connectivity index (χ0v) is 11.3. The molecule has 94 valence electrons. The van der Waals surface area contributed by atoms with Crippen molar-refractivity contribution in [2.75, 3.05) is 17.7 Å². The average molecular weight is 262 g/mol. The Bertz CT molecular complexity index is 537. The smallest absolute Gasteiger partial charge is 0.156 e. The third-order valence-electron chi connectivity index (χ3n) is 2.91. The van der Waals surface area contributed by atoms with Crippen LogP contribution in [0.5, 0.6) is 0 Å². The van der Waals surface area contributed by atoms with Gasteiger partial charge in [-0.15, -0.1) is 0 Å². The minimum Gasteiger partial charge on any atom is -0.396 e. The van der Waals surface area contributed by atoms with Crippen molar-refractivity contribution in [3.8, 4) is 0 Å². The van der Waals surface area contributed by atoms with Gasteiger partial charge in [-0.05, 0) is 30.2 Å². The minimum absolute atomic E-state index is 0.547. The zero-order valence-electron chi connectivity index (χ0n) is 10.5. The zero-order chi connectivity index (χ0) is 13.1. The first kappa shape index (κ1) is 12.7. The number of rotatable bonds is 3. The molecule has 0 saturated heterocycles. The highest BCUT2D eigenvalue weighted by Crippen LogP contribution is 2.28. The number of benzene rings is 1. The summed E-state index contributed by atoms with van der Waals surface area (Å²) in [5.41, 5.74) is 8.86. The molecule has 0 aliphatic carbocycles. The van der Waals surface area contributed by atoms with Gasteiger partial charge in [0.05, 0.1) is 10.7 Å². The van der Waals surface area contributed by atoms with Gasteiger partial charge in [0.1, 0.15) is 0 Å². The number of nitrogen functional groups attached to an aromatic ring is 1. The Balaban J connectivity index is 2.31. The molecule has 0 amide bonds. The van der Waals surface area contributed by atoms with Crippen molar-refractivity contribution in [2.24, 2.45) is 0 Å². The molecule has 3 nitrogen and oxygen atoms in total. The molecule has 0 aliphatic rings. The maximum absolute atomic E-state index is 5.93. The third-order valence-corrected chi connectivity index (χ3v) is 3.12. The van der Waals surface area contributed by atoms with E-state index in [0.29, 0.717) is 16.5 Å². The summed E-state index contributed by atoms with van der Waals surface area (Å²) < 4.78 is 0. The lowest BCUT2D eigenvalue weighted by molar-refractivity contribution is 1.11. The van der Waals surface area contributed by atoms with Gasteiger partial charge >= 0.3 is 0 Å². The van der Waals surface area contributed by atoms with Crippen LogP contribution in [0.15, 0.2) is 36.5 Å². The number of nitrogens with two attached hydrogens (primary N) is 1. The highest BCUT2D eigenvalue weighted by Gasteiger charge is 2.09. The second-order valence-corrected chi connectivity index (χ2v) is 4.58. The van der Waals surface area contributed by atoms with E-state index in [0.717, 1.165) is 12.1 Å². The molecule has 0 aliphatic heterocycles. The predicted molar refractivity (Wildman–Crippen MR) is 77.5 cm³/mol. The molecule has 2 rings (SSSR count). The topological polar surface area (TPSA) is 42.2 Å². The predicted octanol–water partition coefficient (Wildman–Crippen LogP) is 3.65. The molecule has 1 aromatic carbocycles. The number of aryl methyl sites for hydroxylation is 1. The van der Waals surface area contributed by atoms with Gasteiger partial charge in [0, 0.05) is 18.9 Å². The molecule has 0 fully saturated rings. The van der Waals surface area contributed by atoms with Crippen LogP contribution in [-0.4, -0.2) is 12.0 Å². The Labute approximate surface area is 112 Å². The van der Waals surface area contributed by atoms with Crippen molar-refractivity contribution in [3.05, 3.63) is 47.1 Å². The van der Waals surface area contributed by atoms with E-state index in [1.807, 2.05) is 11.9 Å². The van der Waals surface area contributed by atoms with E-state index in [9.17, 15) is 0 Å². The maximum atomic E-state index is 5.93. The second kappa shape index (κ2) is 5.27. The summed E-state index contributed by atoms with van der Waals surface area (Å²) in [6.07, 6.45) is 2.63. The number of hydrogen-bond acceptors (Lipinski definition) is 3. The first-order chi connectivity index (χ1) is 8.61. The lowest BCUT2D eigenvalue weighted by atomic mass is 10.1. The maximum Gasteiger partial charge on any atom is 0.156 e. The van der Waals surface area contributed by atoms with Crippen LogP contribution < -0.4 is 10.6 Å². The number of nitrogens with zero attached hydrogens (tertiary/aromatic N) is 2. The molecule has 0 saturated carbocycles. The molecule has 0 bridgehead atoms. The first-order valence-electron chi connectivity index (χ1n) is 5.85.